The quantitative estimate of drug-likeness (QED) is 0.633. The second-order valence-corrected chi connectivity index (χ2v) is 4.20. The number of carbonyl (C=O) groups is 1. The number of aromatic nitrogens is 2. The summed E-state index contributed by atoms with van der Waals surface area (Å²) in [6, 6.07) is 0. The van der Waals surface area contributed by atoms with Gasteiger partial charge in [-0.05, 0) is 26.7 Å². The number of aryl methyl sites for hydroxylation is 2. The van der Waals surface area contributed by atoms with Crippen LogP contribution in [0.2, 0.25) is 0 Å². The molecule has 0 fully saturated rings. The second kappa shape index (κ2) is 5.89. The van der Waals surface area contributed by atoms with Gasteiger partial charge in [-0.1, -0.05) is 0 Å². The highest BCUT2D eigenvalue weighted by molar-refractivity contribution is 6.17. The van der Waals surface area contributed by atoms with Gasteiger partial charge < -0.3 is 5.32 Å². The number of amides is 1. The van der Waals surface area contributed by atoms with Crippen LogP contribution in [0.4, 0.5) is 0 Å². The topological polar surface area (TPSA) is 46.9 Å². The highest BCUT2D eigenvalue weighted by Crippen LogP contribution is 2.11. The molecule has 0 aromatic carbocycles. The first-order valence-corrected chi connectivity index (χ1v) is 5.95. The smallest absolute Gasteiger partial charge is 0.255 e. The molecule has 1 rings (SSSR count). The minimum absolute atomic E-state index is 0.0438. The van der Waals surface area contributed by atoms with Crippen LogP contribution in [0.1, 0.15) is 34.6 Å². The molecule has 5 heteroatoms. The van der Waals surface area contributed by atoms with Crippen molar-refractivity contribution in [2.45, 2.75) is 26.7 Å². The van der Waals surface area contributed by atoms with Gasteiger partial charge in [-0.25, -0.2) is 0 Å². The summed E-state index contributed by atoms with van der Waals surface area (Å²) >= 11 is 5.56. The number of nitrogens with one attached hydrogen (secondary N) is 1. The first-order chi connectivity index (χ1) is 7.57. The van der Waals surface area contributed by atoms with Crippen molar-refractivity contribution in [1.29, 1.82) is 0 Å². The lowest BCUT2D eigenvalue weighted by atomic mass is 10.2. The highest BCUT2D eigenvalue weighted by Gasteiger charge is 2.16. The van der Waals surface area contributed by atoms with Crippen molar-refractivity contribution in [2.75, 3.05) is 12.4 Å². The van der Waals surface area contributed by atoms with Gasteiger partial charge in [-0.2, -0.15) is 5.10 Å². The van der Waals surface area contributed by atoms with Gasteiger partial charge >= 0.3 is 0 Å². The molecule has 4 nitrogen and oxygen atoms in total. The lowest BCUT2D eigenvalue weighted by Crippen LogP contribution is -2.25. The molecule has 0 aliphatic rings. The van der Waals surface area contributed by atoms with Crippen LogP contribution in [0.15, 0.2) is 0 Å². The zero-order chi connectivity index (χ0) is 12.1. The Kier molecular flexibility index (Phi) is 4.80. The second-order valence-electron chi connectivity index (χ2n) is 3.82. The van der Waals surface area contributed by atoms with E-state index in [2.05, 4.69) is 10.4 Å². The van der Waals surface area contributed by atoms with Gasteiger partial charge in [-0.15, -0.1) is 11.6 Å². The highest BCUT2D eigenvalue weighted by atomic mass is 35.5. The minimum Gasteiger partial charge on any atom is -0.352 e. The molecule has 0 atom stereocenters. The van der Waals surface area contributed by atoms with Crippen molar-refractivity contribution in [3.63, 3.8) is 0 Å². The summed E-state index contributed by atoms with van der Waals surface area (Å²) in [4.78, 5) is 11.9. The Bertz CT molecular complexity index is 374. The molecule has 16 heavy (non-hydrogen) atoms. The van der Waals surface area contributed by atoms with Gasteiger partial charge in [0.1, 0.15) is 0 Å². The predicted molar refractivity (Wildman–Crippen MR) is 65.0 cm³/mol. The van der Waals surface area contributed by atoms with Crippen molar-refractivity contribution in [3.05, 3.63) is 17.0 Å². The van der Waals surface area contributed by atoms with E-state index in [0.29, 0.717) is 18.0 Å². The van der Waals surface area contributed by atoms with Crippen molar-refractivity contribution in [2.24, 2.45) is 7.05 Å². The Morgan fingerprint density at radius 2 is 2.12 bits per heavy atom. The van der Waals surface area contributed by atoms with Gasteiger partial charge in [0.05, 0.1) is 11.3 Å². The number of hydrogen-bond acceptors (Lipinski definition) is 2. The van der Waals surface area contributed by atoms with Gasteiger partial charge in [0, 0.05) is 25.2 Å². The maximum Gasteiger partial charge on any atom is 0.255 e. The molecule has 0 saturated heterocycles. The summed E-state index contributed by atoms with van der Waals surface area (Å²) in [6.07, 6.45) is 1.83. The summed E-state index contributed by atoms with van der Waals surface area (Å²) in [7, 11) is 1.84. The van der Waals surface area contributed by atoms with E-state index >= 15 is 0 Å². The van der Waals surface area contributed by atoms with Crippen LogP contribution in [0.3, 0.4) is 0 Å². The van der Waals surface area contributed by atoms with Crippen LogP contribution in [-0.4, -0.2) is 28.1 Å². The standard InChI is InChI=1S/C11H18ClN3O/c1-8-10(9(2)15(3)14-8)11(16)13-7-5-4-6-12/h4-7H2,1-3H3,(H,13,16). The molecule has 1 aromatic rings. The van der Waals surface area contributed by atoms with Crippen LogP contribution in [0.5, 0.6) is 0 Å². The largest absolute Gasteiger partial charge is 0.352 e. The zero-order valence-electron chi connectivity index (χ0n) is 10.0. The number of rotatable bonds is 5. The SMILES string of the molecule is Cc1nn(C)c(C)c1C(=O)NCCCCCl. The number of carbonyl (C=O) groups excluding carboxylic acids is 1. The molecule has 0 unspecified atom stereocenters. The Hall–Kier alpha value is -1.03. The summed E-state index contributed by atoms with van der Waals surface area (Å²) in [5.74, 6) is 0.596. The van der Waals surface area contributed by atoms with E-state index in [1.807, 2.05) is 20.9 Å². The number of alkyl halides is 1. The van der Waals surface area contributed by atoms with Gasteiger partial charge in [0.25, 0.3) is 5.91 Å². The van der Waals surface area contributed by atoms with Gasteiger partial charge in [0.2, 0.25) is 0 Å². The molecule has 0 saturated carbocycles. The molecule has 0 bridgehead atoms. The maximum absolute atomic E-state index is 11.9. The third-order valence-corrected chi connectivity index (χ3v) is 2.85. The zero-order valence-corrected chi connectivity index (χ0v) is 10.8. The number of hydrogen-bond donors (Lipinski definition) is 1. The van der Waals surface area contributed by atoms with Crippen LogP contribution in [0, 0.1) is 13.8 Å². The fourth-order valence-electron chi connectivity index (χ4n) is 1.61. The van der Waals surface area contributed by atoms with E-state index in [0.717, 1.165) is 24.2 Å². The molecule has 0 spiro atoms. The van der Waals surface area contributed by atoms with Crippen molar-refractivity contribution in [3.8, 4) is 0 Å². The third kappa shape index (κ3) is 2.98. The van der Waals surface area contributed by atoms with E-state index in [4.69, 9.17) is 11.6 Å². The summed E-state index contributed by atoms with van der Waals surface area (Å²) in [6.45, 7) is 4.41. The number of unbranched alkanes of at least 4 members (excludes halogenated alkanes) is 1. The Labute approximate surface area is 101 Å². The fraction of sp³-hybridized carbons (Fsp3) is 0.636. The van der Waals surface area contributed by atoms with E-state index in [9.17, 15) is 4.79 Å². The number of halogens is 1. The molecule has 1 N–H and O–H groups in total. The predicted octanol–water partition coefficient (Wildman–Crippen LogP) is 1.79. The van der Waals surface area contributed by atoms with Crippen LogP contribution >= 0.6 is 11.6 Å². The summed E-state index contributed by atoms with van der Waals surface area (Å²) in [5.41, 5.74) is 2.36. The lowest BCUT2D eigenvalue weighted by molar-refractivity contribution is 0.0952. The number of nitrogens with zero attached hydrogens (tertiary/aromatic N) is 2. The van der Waals surface area contributed by atoms with Gasteiger partial charge in [-0.3, -0.25) is 9.48 Å². The Balaban J connectivity index is 2.59. The van der Waals surface area contributed by atoms with E-state index in [1.165, 1.54) is 0 Å². The van der Waals surface area contributed by atoms with E-state index < -0.39 is 0 Å². The molecule has 1 aromatic heterocycles. The molecule has 0 aliphatic heterocycles. The molecule has 90 valence electrons. The Morgan fingerprint density at radius 1 is 1.44 bits per heavy atom. The van der Waals surface area contributed by atoms with E-state index in [-0.39, 0.29) is 5.91 Å². The molecule has 0 radical (unpaired) electrons. The molecule has 1 amide bonds. The Morgan fingerprint density at radius 3 is 2.62 bits per heavy atom. The van der Waals surface area contributed by atoms with Crippen molar-refractivity contribution in [1.82, 2.24) is 15.1 Å². The average molecular weight is 244 g/mol. The van der Waals surface area contributed by atoms with E-state index in [1.54, 1.807) is 4.68 Å². The third-order valence-electron chi connectivity index (χ3n) is 2.58. The monoisotopic (exact) mass is 243 g/mol. The summed E-state index contributed by atoms with van der Waals surface area (Å²) < 4.78 is 1.73. The molecule has 0 aliphatic carbocycles. The first kappa shape index (κ1) is 13.0. The maximum atomic E-state index is 11.9. The fourth-order valence-corrected chi connectivity index (χ4v) is 1.80. The summed E-state index contributed by atoms with van der Waals surface area (Å²) in [5, 5.41) is 7.09. The van der Waals surface area contributed by atoms with Crippen molar-refractivity contribution >= 4 is 17.5 Å². The van der Waals surface area contributed by atoms with Gasteiger partial charge in [0.15, 0.2) is 0 Å². The first-order valence-electron chi connectivity index (χ1n) is 5.42. The average Bonchev–Trinajstić information content (AvgIpc) is 2.48. The van der Waals surface area contributed by atoms with Crippen LogP contribution < -0.4 is 5.32 Å². The lowest BCUT2D eigenvalue weighted by Gasteiger charge is -2.04. The van der Waals surface area contributed by atoms with Crippen LogP contribution in [0.25, 0.3) is 0 Å². The normalized spacial score (nSPS) is 10.5. The van der Waals surface area contributed by atoms with Crippen molar-refractivity contribution < 1.29 is 4.79 Å². The van der Waals surface area contributed by atoms with Crippen LogP contribution in [-0.2, 0) is 7.05 Å². The molecular weight excluding hydrogens is 226 g/mol. The molecular formula is C11H18ClN3O. The molecule has 1 heterocycles. The minimum atomic E-state index is -0.0438.